The molecule has 1 aromatic rings. The van der Waals surface area contributed by atoms with Gasteiger partial charge < -0.3 is 14.6 Å². The van der Waals surface area contributed by atoms with E-state index in [1.54, 1.807) is 19.1 Å². The number of fused-ring (bicyclic) bond motifs is 1. The number of Topliss-reactive ketones (excluding diaryl/α,β-unsaturated/α-hetero) is 1. The van der Waals surface area contributed by atoms with Gasteiger partial charge in [0.25, 0.3) is 0 Å². The van der Waals surface area contributed by atoms with Crippen molar-refractivity contribution in [2.75, 3.05) is 14.2 Å². The summed E-state index contributed by atoms with van der Waals surface area (Å²) in [6, 6.07) is 2.09. The summed E-state index contributed by atoms with van der Waals surface area (Å²) in [6.07, 6.45) is 0.635. The minimum Gasteiger partial charge on any atom is -0.493 e. The zero-order valence-corrected chi connectivity index (χ0v) is 12.3. The molecular formula is C15H19NO5. The zero-order valence-electron chi connectivity index (χ0n) is 12.3. The number of ether oxygens (including phenoxy) is 2. The van der Waals surface area contributed by atoms with Gasteiger partial charge in [-0.1, -0.05) is 6.92 Å². The Balaban J connectivity index is 2.52. The first-order valence-electron chi connectivity index (χ1n) is 6.78. The molecule has 1 heterocycles. The van der Waals surface area contributed by atoms with E-state index in [4.69, 9.17) is 9.47 Å². The summed E-state index contributed by atoms with van der Waals surface area (Å²) in [5, 5.41) is 12.1. The zero-order chi connectivity index (χ0) is 15.6. The third-order valence-corrected chi connectivity index (χ3v) is 3.72. The minimum absolute atomic E-state index is 0.0468. The maximum absolute atomic E-state index is 12.1. The molecule has 1 aromatic carbocycles. The minimum atomic E-state index is -0.968. The summed E-state index contributed by atoms with van der Waals surface area (Å²) in [5.74, 6) is 0.0458. The Morgan fingerprint density at radius 2 is 1.90 bits per heavy atom. The van der Waals surface area contributed by atoms with Crippen molar-refractivity contribution in [3.8, 4) is 11.5 Å². The molecule has 2 N–H and O–H groups in total. The van der Waals surface area contributed by atoms with E-state index in [-0.39, 0.29) is 5.78 Å². The normalized spacial score (nSPS) is 20.5. The Morgan fingerprint density at radius 3 is 2.43 bits per heavy atom. The Hall–Kier alpha value is -2.08. The maximum atomic E-state index is 12.1. The quantitative estimate of drug-likeness (QED) is 0.852. The van der Waals surface area contributed by atoms with Crippen molar-refractivity contribution >= 4 is 11.8 Å². The Labute approximate surface area is 123 Å². The van der Waals surface area contributed by atoms with Gasteiger partial charge in [-0.25, -0.2) is 0 Å². The largest absolute Gasteiger partial charge is 0.493 e. The van der Waals surface area contributed by atoms with Crippen LogP contribution in [0.4, 0.5) is 0 Å². The second kappa shape index (κ2) is 6.13. The standard InChI is InChI=1S/C15H19NO5/c1-4-11(17)14-9-7-13(21-3)12(20-2)6-8(9)5-10(16-14)15(18)19/h6-7,10,14,16H,4-5H2,1-3H3,(H,18,19). The van der Waals surface area contributed by atoms with Crippen LogP contribution in [-0.2, 0) is 16.0 Å². The fraction of sp³-hybridized carbons (Fsp3) is 0.467. The Morgan fingerprint density at radius 1 is 1.29 bits per heavy atom. The molecule has 6 heteroatoms. The third kappa shape index (κ3) is 2.85. The number of methoxy groups -OCH3 is 2. The number of rotatable bonds is 5. The summed E-state index contributed by atoms with van der Waals surface area (Å²) < 4.78 is 10.5. The number of benzene rings is 1. The van der Waals surface area contributed by atoms with E-state index in [2.05, 4.69) is 5.32 Å². The van der Waals surface area contributed by atoms with Gasteiger partial charge in [-0.3, -0.25) is 14.9 Å². The van der Waals surface area contributed by atoms with Crippen LogP contribution in [0.2, 0.25) is 0 Å². The predicted molar refractivity (Wildman–Crippen MR) is 75.8 cm³/mol. The number of hydrogen-bond acceptors (Lipinski definition) is 5. The average molecular weight is 293 g/mol. The van der Waals surface area contributed by atoms with E-state index in [1.807, 2.05) is 0 Å². The fourth-order valence-electron chi connectivity index (χ4n) is 2.58. The second-order valence-electron chi connectivity index (χ2n) is 4.92. The van der Waals surface area contributed by atoms with Crippen LogP contribution < -0.4 is 14.8 Å². The molecule has 1 aliphatic rings. The number of carbonyl (C=O) groups is 2. The van der Waals surface area contributed by atoms with E-state index in [1.165, 1.54) is 14.2 Å². The van der Waals surface area contributed by atoms with E-state index in [0.29, 0.717) is 24.3 Å². The van der Waals surface area contributed by atoms with Crippen molar-refractivity contribution in [2.24, 2.45) is 0 Å². The first-order valence-corrected chi connectivity index (χ1v) is 6.78. The lowest BCUT2D eigenvalue weighted by Crippen LogP contribution is -2.47. The molecule has 2 rings (SSSR count). The molecule has 0 saturated heterocycles. The van der Waals surface area contributed by atoms with Gasteiger partial charge in [-0.2, -0.15) is 0 Å². The van der Waals surface area contributed by atoms with Crippen molar-refractivity contribution in [1.29, 1.82) is 0 Å². The number of aliphatic carboxylic acids is 1. The molecule has 2 atom stereocenters. The Bertz CT molecular complexity index is 569. The van der Waals surface area contributed by atoms with Crippen molar-refractivity contribution in [2.45, 2.75) is 31.8 Å². The lowest BCUT2D eigenvalue weighted by Gasteiger charge is -2.31. The average Bonchev–Trinajstić information content (AvgIpc) is 2.51. The van der Waals surface area contributed by atoms with Crippen LogP contribution in [0.3, 0.4) is 0 Å². The van der Waals surface area contributed by atoms with Crippen molar-refractivity contribution < 1.29 is 24.2 Å². The molecule has 2 unspecified atom stereocenters. The first-order chi connectivity index (χ1) is 10.0. The Kier molecular flexibility index (Phi) is 4.47. The molecule has 0 amide bonds. The highest BCUT2D eigenvalue weighted by Gasteiger charge is 2.34. The second-order valence-corrected chi connectivity index (χ2v) is 4.92. The van der Waals surface area contributed by atoms with Gasteiger partial charge in [0, 0.05) is 6.42 Å². The molecule has 0 fully saturated rings. The van der Waals surface area contributed by atoms with Gasteiger partial charge in [-0.15, -0.1) is 0 Å². The van der Waals surface area contributed by atoms with Crippen molar-refractivity contribution in [3.05, 3.63) is 23.3 Å². The van der Waals surface area contributed by atoms with Crippen LogP contribution in [0.25, 0.3) is 0 Å². The van der Waals surface area contributed by atoms with Crippen LogP contribution in [0.15, 0.2) is 12.1 Å². The lowest BCUT2D eigenvalue weighted by molar-refractivity contribution is -0.140. The highest BCUT2D eigenvalue weighted by molar-refractivity contribution is 5.87. The van der Waals surface area contributed by atoms with Gasteiger partial charge in [0.05, 0.1) is 20.3 Å². The number of hydrogen-bond donors (Lipinski definition) is 2. The molecule has 114 valence electrons. The molecular weight excluding hydrogens is 274 g/mol. The maximum Gasteiger partial charge on any atom is 0.321 e. The number of carboxylic acids is 1. The summed E-state index contributed by atoms with van der Waals surface area (Å²) in [4.78, 5) is 23.4. The van der Waals surface area contributed by atoms with Crippen LogP contribution in [0.1, 0.15) is 30.5 Å². The molecule has 21 heavy (non-hydrogen) atoms. The number of carbonyl (C=O) groups excluding carboxylic acids is 1. The topological polar surface area (TPSA) is 84.9 Å². The number of ketones is 1. The van der Waals surface area contributed by atoms with Crippen LogP contribution >= 0.6 is 0 Å². The summed E-state index contributed by atoms with van der Waals surface area (Å²) in [6.45, 7) is 1.76. The summed E-state index contributed by atoms with van der Waals surface area (Å²) in [7, 11) is 3.05. The van der Waals surface area contributed by atoms with E-state index in [9.17, 15) is 14.7 Å². The number of nitrogens with one attached hydrogen (secondary N) is 1. The SMILES string of the molecule is CCC(=O)C1NC(C(=O)O)Cc2cc(OC)c(OC)cc21. The van der Waals surface area contributed by atoms with Gasteiger partial charge in [0.2, 0.25) is 0 Å². The van der Waals surface area contributed by atoms with Crippen LogP contribution in [-0.4, -0.2) is 37.1 Å². The van der Waals surface area contributed by atoms with E-state index < -0.39 is 18.1 Å². The van der Waals surface area contributed by atoms with Gasteiger partial charge in [0.15, 0.2) is 17.3 Å². The number of carboxylic acid groups (broad SMARTS) is 1. The fourth-order valence-corrected chi connectivity index (χ4v) is 2.58. The van der Waals surface area contributed by atoms with E-state index >= 15 is 0 Å². The van der Waals surface area contributed by atoms with Crippen LogP contribution in [0.5, 0.6) is 11.5 Å². The molecule has 0 bridgehead atoms. The first kappa shape index (κ1) is 15.3. The van der Waals surface area contributed by atoms with Gasteiger partial charge in [-0.05, 0) is 29.7 Å². The van der Waals surface area contributed by atoms with Crippen molar-refractivity contribution in [3.63, 3.8) is 0 Å². The predicted octanol–water partition coefficient (Wildman–Crippen LogP) is 1.32. The summed E-state index contributed by atoms with van der Waals surface area (Å²) in [5.41, 5.74) is 1.56. The van der Waals surface area contributed by atoms with Crippen LogP contribution in [0, 0.1) is 0 Å². The molecule has 0 radical (unpaired) electrons. The van der Waals surface area contributed by atoms with Gasteiger partial charge in [0.1, 0.15) is 6.04 Å². The highest BCUT2D eigenvalue weighted by Crippen LogP contribution is 2.36. The lowest BCUT2D eigenvalue weighted by atomic mass is 9.87. The highest BCUT2D eigenvalue weighted by atomic mass is 16.5. The summed E-state index contributed by atoms with van der Waals surface area (Å²) >= 11 is 0. The molecule has 0 spiro atoms. The smallest absolute Gasteiger partial charge is 0.321 e. The van der Waals surface area contributed by atoms with E-state index in [0.717, 1.165) is 11.1 Å². The monoisotopic (exact) mass is 293 g/mol. The molecule has 1 aliphatic heterocycles. The molecule has 6 nitrogen and oxygen atoms in total. The molecule has 0 saturated carbocycles. The van der Waals surface area contributed by atoms with Gasteiger partial charge >= 0.3 is 5.97 Å². The molecule has 0 aliphatic carbocycles. The third-order valence-electron chi connectivity index (χ3n) is 3.72. The van der Waals surface area contributed by atoms with Crippen molar-refractivity contribution in [1.82, 2.24) is 5.32 Å². The molecule has 0 aromatic heterocycles.